The molecule has 2 amide bonds. The first-order valence-electron chi connectivity index (χ1n) is 12.9. The van der Waals surface area contributed by atoms with Gasteiger partial charge in [0.1, 0.15) is 24.2 Å². The number of hydrogen-bond donors (Lipinski definition) is 1. The Kier molecular flexibility index (Phi) is 9.92. The number of nitrogens with zero attached hydrogens (tertiary/aromatic N) is 2. The van der Waals surface area contributed by atoms with E-state index in [4.69, 9.17) is 4.74 Å². The van der Waals surface area contributed by atoms with E-state index in [-0.39, 0.29) is 29.5 Å². The number of methoxy groups -OCH3 is 1. The predicted molar refractivity (Wildman–Crippen MR) is 153 cm³/mol. The highest BCUT2D eigenvalue weighted by molar-refractivity contribution is 7.92. The van der Waals surface area contributed by atoms with E-state index in [9.17, 15) is 22.4 Å². The molecule has 1 atom stereocenters. The van der Waals surface area contributed by atoms with Gasteiger partial charge in [-0.25, -0.2) is 12.8 Å². The van der Waals surface area contributed by atoms with Crippen molar-refractivity contribution in [1.29, 1.82) is 0 Å². The Labute approximate surface area is 235 Å². The van der Waals surface area contributed by atoms with E-state index in [0.29, 0.717) is 11.3 Å². The van der Waals surface area contributed by atoms with Crippen LogP contribution in [0.2, 0.25) is 0 Å². The van der Waals surface area contributed by atoms with Crippen molar-refractivity contribution >= 4 is 27.5 Å². The lowest BCUT2D eigenvalue weighted by molar-refractivity contribution is -0.141. The van der Waals surface area contributed by atoms with Gasteiger partial charge >= 0.3 is 0 Å². The molecule has 40 heavy (non-hydrogen) atoms. The van der Waals surface area contributed by atoms with Gasteiger partial charge in [0.05, 0.1) is 17.7 Å². The van der Waals surface area contributed by atoms with Crippen molar-refractivity contribution in [2.45, 2.75) is 57.1 Å². The van der Waals surface area contributed by atoms with Gasteiger partial charge in [-0.05, 0) is 69.2 Å². The zero-order valence-corrected chi connectivity index (χ0v) is 24.2. The van der Waals surface area contributed by atoms with Crippen molar-refractivity contribution in [3.8, 4) is 5.75 Å². The van der Waals surface area contributed by atoms with Crippen LogP contribution in [0.3, 0.4) is 0 Å². The molecule has 1 N–H and O–H groups in total. The largest absolute Gasteiger partial charge is 0.497 e. The van der Waals surface area contributed by atoms with Crippen LogP contribution in [-0.4, -0.2) is 50.4 Å². The first kappa shape index (κ1) is 30.6. The third kappa shape index (κ3) is 7.59. The molecule has 214 valence electrons. The topological polar surface area (TPSA) is 96.0 Å². The molecule has 0 aliphatic rings. The third-order valence-corrected chi connectivity index (χ3v) is 7.88. The molecule has 0 radical (unpaired) electrons. The highest BCUT2D eigenvalue weighted by atomic mass is 32.2. The summed E-state index contributed by atoms with van der Waals surface area (Å²) in [5, 5.41) is 2.91. The minimum Gasteiger partial charge on any atom is -0.497 e. The first-order chi connectivity index (χ1) is 18.9. The summed E-state index contributed by atoms with van der Waals surface area (Å²) in [4.78, 5) is 28.6. The van der Waals surface area contributed by atoms with Crippen molar-refractivity contribution in [2.24, 2.45) is 0 Å². The maximum Gasteiger partial charge on any atom is 0.264 e. The van der Waals surface area contributed by atoms with E-state index in [1.54, 1.807) is 49.4 Å². The molecule has 0 bridgehead atoms. The van der Waals surface area contributed by atoms with Gasteiger partial charge in [0.15, 0.2) is 0 Å². The number of ether oxygens (including phenoxy) is 1. The van der Waals surface area contributed by atoms with Crippen LogP contribution in [0.4, 0.5) is 10.1 Å². The Morgan fingerprint density at radius 2 is 1.62 bits per heavy atom. The molecule has 0 fully saturated rings. The molecule has 0 spiro atoms. The molecule has 3 aromatic rings. The van der Waals surface area contributed by atoms with Gasteiger partial charge in [0, 0.05) is 12.1 Å². The normalized spacial score (nSPS) is 12.3. The summed E-state index contributed by atoms with van der Waals surface area (Å²) < 4.78 is 48.5. The zero-order valence-electron chi connectivity index (χ0n) is 23.4. The van der Waals surface area contributed by atoms with Crippen LogP contribution >= 0.6 is 0 Å². The average Bonchev–Trinajstić information content (AvgIpc) is 2.91. The number of carbonyl (C=O) groups is 2. The van der Waals surface area contributed by atoms with E-state index in [1.807, 2.05) is 20.8 Å². The fraction of sp³-hybridized carbons (Fsp3) is 0.333. The fourth-order valence-electron chi connectivity index (χ4n) is 4.23. The van der Waals surface area contributed by atoms with Gasteiger partial charge in [-0.2, -0.15) is 0 Å². The Morgan fingerprint density at radius 1 is 0.975 bits per heavy atom. The van der Waals surface area contributed by atoms with Crippen LogP contribution in [-0.2, 0) is 26.2 Å². The molecular formula is C30H36FN3O5S. The maximum absolute atomic E-state index is 15.0. The number of rotatable bonds is 11. The third-order valence-electron chi connectivity index (χ3n) is 6.10. The lowest BCUT2D eigenvalue weighted by Crippen LogP contribution is -2.55. The molecule has 0 aliphatic carbocycles. The maximum atomic E-state index is 15.0. The van der Waals surface area contributed by atoms with Crippen molar-refractivity contribution in [3.05, 3.63) is 90.2 Å². The van der Waals surface area contributed by atoms with E-state index < -0.39 is 39.9 Å². The first-order valence-corrected chi connectivity index (χ1v) is 14.4. The molecule has 8 nitrogen and oxygen atoms in total. The number of nitrogens with one attached hydrogen (secondary N) is 1. The Morgan fingerprint density at radius 3 is 2.23 bits per heavy atom. The van der Waals surface area contributed by atoms with Crippen LogP contribution < -0.4 is 14.4 Å². The SMILES string of the molecule is CC[C@@H](C(=O)NC(C)(C)C)N(Cc1cccc(OC)c1)C(=O)CN(c1ccccc1F)S(=O)(=O)c1ccccc1. The zero-order chi connectivity index (χ0) is 29.5. The van der Waals surface area contributed by atoms with E-state index in [1.165, 1.54) is 42.3 Å². The van der Waals surface area contributed by atoms with Gasteiger partial charge in [-0.15, -0.1) is 0 Å². The van der Waals surface area contributed by atoms with Crippen molar-refractivity contribution in [1.82, 2.24) is 10.2 Å². The number of anilines is 1. The number of halogens is 1. The quantitative estimate of drug-likeness (QED) is 0.360. The minimum absolute atomic E-state index is 0.00258. The van der Waals surface area contributed by atoms with Crippen LogP contribution in [0.15, 0.2) is 83.8 Å². The monoisotopic (exact) mass is 569 g/mol. The number of hydrogen-bond acceptors (Lipinski definition) is 5. The number of amides is 2. The number of para-hydroxylation sites is 1. The lowest BCUT2D eigenvalue weighted by Gasteiger charge is -2.34. The molecule has 0 saturated heterocycles. The van der Waals surface area contributed by atoms with Crippen molar-refractivity contribution in [3.63, 3.8) is 0 Å². The molecule has 10 heteroatoms. The van der Waals surface area contributed by atoms with E-state index in [2.05, 4.69) is 5.32 Å². The number of sulfonamides is 1. The Hall–Kier alpha value is -3.92. The highest BCUT2D eigenvalue weighted by Crippen LogP contribution is 2.27. The van der Waals surface area contributed by atoms with Gasteiger partial charge in [-0.3, -0.25) is 13.9 Å². The molecular weight excluding hydrogens is 533 g/mol. The lowest BCUT2D eigenvalue weighted by atomic mass is 10.1. The molecule has 0 aliphatic heterocycles. The van der Waals surface area contributed by atoms with Crippen LogP contribution in [0, 0.1) is 5.82 Å². The van der Waals surface area contributed by atoms with Crippen molar-refractivity contribution in [2.75, 3.05) is 18.0 Å². The van der Waals surface area contributed by atoms with E-state index in [0.717, 1.165) is 10.4 Å². The van der Waals surface area contributed by atoms with Gasteiger partial charge in [0.25, 0.3) is 10.0 Å². The summed E-state index contributed by atoms with van der Waals surface area (Å²) in [6.07, 6.45) is 0.267. The number of benzene rings is 3. The summed E-state index contributed by atoms with van der Waals surface area (Å²) in [7, 11) is -2.82. The van der Waals surface area contributed by atoms with Crippen LogP contribution in [0.5, 0.6) is 5.75 Å². The second-order valence-corrected chi connectivity index (χ2v) is 12.2. The highest BCUT2D eigenvalue weighted by Gasteiger charge is 2.35. The Balaban J connectivity index is 2.08. The summed E-state index contributed by atoms with van der Waals surface area (Å²) in [6.45, 7) is 6.55. The molecule has 0 aromatic heterocycles. The minimum atomic E-state index is -4.34. The predicted octanol–water partition coefficient (Wildman–Crippen LogP) is 4.75. The molecule has 3 aromatic carbocycles. The summed E-state index contributed by atoms with van der Waals surface area (Å²) in [5.74, 6) is -1.28. The van der Waals surface area contributed by atoms with E-state index >= 15 is 0 Å². The molecule has 0 saturated carbocycles. The van der Waals surface area contributed by atoms with Crippen molar-refractivity contribution < 1.29 is 27.1 Å². The second-order valence-electron chi connectivity index (χ2n) is 10.3. The van der Waals surface area contributed by atoms with Gasteiger partial charge in [0.2, 0.25) is 11.8 Å². The number of carbonyl (C=O) groups excluding carboxylic acids is 2. The fourth-order valence-corrected chi connectivity index (χ4v) is 5.67. The summed E-state index contributed by atoms with van der Waals surface area (Å²) in [6, 6.07) is 19.0. The second kappa shape index (κ2) is 13.0. The summed E-state index contributed by atoms with van der Waals surface area (Å²) in [5.41, 5.74) is -0.156. The molecule has 0 unspecified atom stereocenters. The van der Waals surface area contributed by atoms with Crippen LogP contribution in [0.25, 0.3) is 0 Å². The van der Waals surface area contributed by atoms with Gasteiger partial charge < -0.3 is 15.0 Å². The molecule has 0 heterocycles. The summed E-state index contributed by atoms with van der Waals surface area (Å²) >= 11 is 0. The van der Waals surface area contributed by atoms with Crippen LogP contribution in [0.1, 0.15) is 39.7 Å². The standard InChI is InChI=1S/C30H36FN3O5S/c1-6-26(29(36)32-30(2,3)4)33(20-22-13-12-14-23(19-22)39-5)28(35)21-34(27-18-11-10-17-25(27)31)40(37,38)24-15-8-7-9-16-24/h7-19,26H,6,20-21H2,1-5H3,(H,32,36)/t26-/m0/s1. The smallest absolute Gasteiger partial charge is 0.264 e. The Bertz CT molecular complexity index is 1420. The van der Waals surface area contributed by atoms with Gasteiger partial charge in [-0.1, -0.05) is 49.4 Å². The average molecular weight is 570 g/mol. The molecule has 3 rings (SSSR count).